The number of H-pyrrole nitrogens is 2. The largest absolute Gasteiger partial charge is 0.394 e. The maximum atomic E-state index is 12.0. The van der Waals surface area contributed by atoms with Crippen molar-refractivity contribution in [3.05, 3.63) is 50.8 Å². The van der Waals surface area contributed by atoms with Crippen molar-refractivity contribution in [2.24, 2.45) is 0 Å². The van der Waals surface area contributed by atoms with E-state index in [1.807, 2.05) is 0 Å². The molecule has 0 saturated carbocycles. The van der Waals surface area contributed by atoms with E-state index in [-0.39, 0.29) is 13.0 Å². The summed E-state index contributed by atoms with van der Waals surface area (Å²) in [5.74, 6) is 0.745. The number of aliphatic hydroxyl groups is 2. The SMILES string of the molecule is O=c1[nH]c(=O)n([C@H]2C[C@H](O)[C@@H](CO)O2)cc1CCc1ncc[nH]1. The predicted molar refractivity (Wildman–Crippen MR) is 78.9 cm³/mol. The van der Waals surface area contributed by atoms with Gasteiger partial charge in [-0.1, -0.05) is 0 Å². The quantitative estimate of drug-likeness (QED) is 0.540. The van der Waals surface area contributed by atoms with Crippen LogP contribution in [0.25, 0.3) is 0 Å². The van der Waals surface area contributed by atoms with E-state index in [1.165, 1.54) is 10.8 Å². The molecule has 0 unspecified atom stereocenters. The molecule has 1 fully saturated rings. The van der Waals surface area contributed by atoms with Gasteiger partial charge in [0.25, 0.3) is 5.56 Å². The van der Waals surface area contributed by atoms with Crippen molar-refractivity contribution in [1.29, 1.82) is 0 Å². The molecule has 3 rings (SSSR count). The maximum Gasteiger partial charge on any atom is 0.330 e. The van der Waals surface area contributed by atoms with Crippen molar-refractivity contribution >= 4 is 0 Å². The highest BCUT2D eigenvalue weighted by molar-refractivity contribution is 5.07. The molecule has 124 valence electrons. The summed E-state index contributed by atoms with van der Waals surface area (Å²) < 4.78 is 6.71. The molecule has 2 aromatic rings. The number of hydrogen-bond donors (Lipinski definition) is 4. The fourth-order valence-electron chi connectivity index (χ4n) is 2.66. The van der Waals surface area contributed by atoms with Gasteiger partial charge in [0.1, 0.15) is 18.2 Å². The van der Waals surface area contributed by atoms with Crippen LogP contribution in [-0.4, -0.2) is 48.5 Å². The van der Waals surface area contributed by atoms with Crippen molar-refractivity contribution < 1.29 is 14.9 Å². The van der Waals surface area contributed by atoms with E-state index < -0.39 is 29.7 Å². The van der Waals surface area contributed by atoms with Gasteiger partial charge in [0.15, 0.2) is 0 Å². The van der Waals surface area contributed by atoms with Gasteiger partial charge in [0.2, 0.25) is 0 Å². The Labute approximate surface area is 130 Å². The zero-order chi connectivity index (χ0) is 16.4. The Bertz CT molecular complexity index is 766. The molecular formula is C14H18N4O5. The molecular weight excluding hydrogens is 304 g/mol. The molecule has 2 aromatic heterocycles. The van der Waals surface area contributed by atoms with Crippen molar-refractivity contribution in [2.45, 2.75) is 37.7 Å². The zero-order valence-corrected chi connectivity index (χ0v) is 12.3. The number of nitrogens with one attached hydrogen (secondary N) is 2. The summed E-state index contributed by atoms with van der Waals surface area (Å²) in [5.41, 5.74) is -0.630. The van der Waals surface area contributed by atoms with Gasteiger partial charge >= 0.3 is 5.69 Å². The van der Waals surface area contributed by atoms with Gasteiger partial charge in [-0.05, 0) is 6.42 Å². The summed E-state index contributed by atoms with van der Waals surface area (Å²) in [7, 11) is 0. The first kappa shape index (κ1) is 15.7. The normalized spacial score (nSPS) is 24.2. The Morgan fingerprint density at radius 3 is 2.87 bits per heavy atom. The minimum Gasteiger partial charge on any atom is -0.394 e. The first-order valence-corrected chi connectivity index (χ1v) is 7.35. The van der Waals surface area contributed by atoms with Crippen LogP contribution in [0.15, 0.2) is 28.2 Å². The van der Waals surface area contributed by atoms with E-state index in [1.54, 1.807) is 12.4 Å². The third-order valence-corrected chi connectivity index (χ3v) is 3.92. The molecule has 0 amide bonds. The number of ether oxygens (including phenoxy) is 1. The van der Waals surface area contributed by atoms with Crippen LogP contribution in [0, 0.1) is 0 Å². The number of aromatic amines is 2. The highest BCUT2D eigenvalue weighted by atomic mass is 16.5. The van der Waals surface area contributed by atoms with E-state index in [0.29, 0.717) is 18.4 Å². The second-order valence-electron chi connectivity index (χ2n) is 5.47. The molecule has 1 saturated heterocycles. The van der Waals surface area contributed by atoms with Gasteiger partial charge in [0, 0.05) is 37.0 Å². The Kier molecular flexibility index (Phi) is 4.42. The molecule has 3 heterocycles. The van der Waals surface area contributed by atoms with Crippen molar-refractivity contribution in [3.8, 4) is 0 Å². The number of rotatable bonds is 5. The third kappa shape index (κ3) is 3.26. The Morgan fingerprint density at radius 2 is 2.22 bits per heavy atom. The van der Waals surface area contributed by atoms with Gasteiger partial charge in [-0.3, -0.25) is 14.3 Å². The van der Waals surface area contributed by atoms with Crippen LogP contribution in [0.1, 0.15) is 24.0 Å². The fraction of sp³-hybridized carbons (Fsp3) is 0.500. The van der Waals surface area contributed by atoms with Crippen molar-refractivity contribution in [1.82, 2.24) is 19.5 Å². The van der Waals surface area contributed by atoms with Crippen molar-refractivity contribution in [2.75, 3.05) is 6.61 Å². The van der Waals surface area contributed by atoms with E-state index in [2.05, 4.69) is 15.0 Å². The van der Waals surface area contributed by atoms with Gasteiger partial charge in [-0.25, -0.2) is 9.78 Å². The van der Waals surface area contributed by atoms with Crippen LogP contribution in [0.2, 0.25) is 0 Å². The number of aromatic nitrogens is 4. The van der Waals surface area contributed by atoms with E-state index in [9.17, 15) is 14.7 Å². The van der Waals surface area contributed by atoms with Gasteiger partial charge in [-0.15, -0.1) is 0 Å². The average Bonchev–Trinajstić information content (AvgIpc) is 3.15. The van der Waals surface area contributed by atoms with E-state index >= 15 is 0 Å². The molecule has 9 nitrogen and oxygen atoms in total. The Hall–Kier alpha value is -2.23. The number of aryl methyl sites for hydroxylation is 2. The number of hydrogen-bond acceptors (Lipinski definition) is 6. The third-order valence-electron chi connectivity index (χ3n) is 3.92. The Balaban J connectivity index is 1.82. The van der Waals surface area contributed by atoms with Crippen LogP contribution >= 0.6 is 0 Å². The smallest absolute Gasteiger partial charge is 0.330 e. The predicted octanol–water partition coefficient (Wildman–Crippen LogP) is -1.31. The minimum atomic E-state index is -0.851. The zero-order valence-electron chi connectivity index (χ0n) is 12.3. The van der Waals surface area contributed by atoms with Crippen LogP contribution in [0.4, 0.5) is 0 Å². The van der Waals surface area contributed by atoms with Gasteiger partial charge in [-0.2, -0.15) is 0 Å². The molecule has 3 atom stereocenters. The second-order valence-corrected chi connectivity index (χ2v) is 5.47. The molecule has 4 N–H and O–H groups in total. The lowest BCUT2D eigenvalue weighted by molar-refractivity contribution is -0.0460. The van der Waals surface area contributed by atoms with Gasteiger partial charge < -0.3 is 19.9 Å². The topological polar surface area (TPSA) is 133 Å². The second kappa shape index (κ2) is 6.49. The standard InChI is InChI=1S/C14H18N4O5/c19-7-10-9(20)5-12(23-10)18-6-8(13(21)17-14(18)22)1-2-11-15-3-4-16-11/h3-4,6,9-10,12,19-20H,1-2,5,7H2,(H,15,16)(H,17,21,22)/t9-,10+,12+/m0/s1. The van der Waals surface area contributed by atoms with Crippen LogP contribution in [0.5, 0.6) is 0 Å². The van der Waals surface area contributed by atoms with Crippen LogP contribution in [0.3, 0.4) is 0 Å². The molecule has 1 aliphatic rings. The minimum absolute atomic E-state index is 0.175. The molecule has 0 aromatic carbocycles. The maximum absolute atomic E-state index is 12.0. The summed E-state index contributed by atoms with van der Waals surface area (Å²) in [4.78, 5) is 33.2. The lowest BCUT2D eigenvalue weighted by Gasteiger charge is -2.15. The number of nitrogens with zero attached hydrogens (tertiary/aromatic N) is 2. The van der Waals surface area contributed by atoms with Gasteiger partial charge in [0.05, 0.1) is 12.7 Å². The highest BCUT2D eigenvalue weighted by Crippen LogP contribution is 2.27. The molecule has 0 aliphatic carbocycles. The van der Waals surface area contributed by atoms with Crippen LogP contribution < -0.4 is 11.2 Å². The van der Waals surface area contributed by atoms with E-state index in [0.717, 1.165) is 5.82 Å². The summed E-state index contributed by atoms with van der Waals surface area (Å²) in [6.07, 6.45) is 3.58. The first-order chi connectivity index (χ1) is 11.1. The molecule has 1 aliphatic heterocycles. The molecule has 0 bridgehead atoms. The summed E-state index contributed by atoms with van der Waals surface area (Å²) >= 11 is 0. The summed E-state index contributed by atoms with van der Waals surface area (Å²) in [6, 6.07) is 0. The van der Waals surface area contributed by atoms with Crippen molar-refractivity contribution in [3.63, 3.8) is 0 Å². The van der Waals surface area contributed by atoms with Crippen LogP contribution in [-0.2, 0) is 17.6 Å². The Morgan fingerprint density at radius 1 is 1.39 bits per heavy atom. The lowest BCUT2D eigenvalue weighted by atomic mass is 10.1. The monoisotopic (exact) mass is 322 g/mol. The molecule has 0 spiro atoms. The lowest BCUT2D eigenvalue weighted by Crippen LogP contribution is -2.34. The van der Waals surface area contributed by atoms with E-state index in [4.69, 9.17) is 9.84 Å². The average molecular weight is 322 g/mol. The number of aliphatic hydroxyl groups excluding tert-OH is 2. The highest BCUT2D eigenvalue weighted by Gasteiger charge is 2.35. The molecule has 23 heavy (non-hydrogen) atoms. The number of imidazole rings is 1. The summed E-state index contributed by atoms with van der Waals surface area (Å²) in [6.45, 7) is -0.332. The fourth-order valence-corrected chi connectivity index (χ4v) is 2.66. The first-order valence-electron chi connectivity index (χ1n) is 7.35. The summed E-state index contributed by atoms with van der Waals surface area (Å²) in [5, 5.41) is 18.9. The molecule has 9 heteroatoms. The molecule has 0 radical (unpaired) electrons.